The van der Waals surface area contributed by atoms with Crippen LogP contribution in [0.25, 0.3) is 0 Å². The van der Waals surface area contributed by atoms with Crippen molar-refractivity contribution in [2.75, 3.05) is 46.1 Å². The van der Waals surface area contributed by atoms with Gasteiger partial charge in [0, 0.05) is 33.0 Å². The number of nitrogens with one attached hydrogen (secondary N) is 1. The highest BCUT2D eigenvalue weighted by Crippen LogP contribution is 2.32. The zero-order chi connectivity index (χ0) is 61.8. The SMILES string of the molecule is CCO[Si](C)(CCCN=C=O)OCC.CCO[Si](C)(CCCNC(=O)OC(F)(F)S(=O)(=O)[O-])OCC.O=S(=O)([O-])C(F)(F)CO.c1ccc([S+](c2ccccc2)c2ccccc2)cc1.c1ccc([S+](c2ccccc2)c2ccccc2)cc1. The Kier molecular flexibility index (Phi) is 34.0. The molecule has 0 aromatic heterocycles. The smallest absolute Gasteiger partial charge is 0.500 e. The van der Waals surface area contributed by atoms with Gasteiger partial charge in [-0.05, 0) is 139 Å². The molecule has 0 saturated heterocycles. The lowest BCUT2D eigenvalue weighted by atomic mass is 10.4. The van der Waals surface area contributed by atoms with E-state index in [-0.39, 0.29) is 28.3 Å². The number of aliphatic imine (C=N–C) groups is 1. The molecule has 26 heteroatoms. The number of aliphatic hydroxyl groups excluding tert-OH is 1. The van der Waals surface area contributed by atoms with Crippen molar-refractivity contribution >= 4 is 71.3 Å². The summed E-state index contributed by atoms with van der Waals surface area (Å²) >= 11 is 0. The topological polar surface area (TPSA) is 239 Å². The van der Waals surface area contributed by atoms with E-state index in [2.05, 4.69) is 192 Å². The molecule has 0 atom stereocenters. The highest BCUT2D eigenvalue weighted by atomic mass is 32.2. The van der Waals surface area contributed by atoms with E-state index < -0.39 is 60.8 Å². The summed E-state index contributed by atoms with van der Waals surface area (Å²) in [7, 11) is -16.2. The van der Waals surface area contributed by atoms with Gasteiger partial charge in [0.05, 0.1) is 28.3 Å². The third kappa shape index (κ3) is 27.8. The summed E-state index contributed by atoms with van der Waals surface area (Å²) in [5.41, 5.74) is -5.10. The Morgan fingerprint density at radius 2 is 0.819 bits per heavy atom. The minimum atomic E-state index is -6.07. The van der Waals surface area contributed by atoms with Crippen LogP contribution in [0.5, 0.6) is 0 Å². The minimum Gasteiger partial charge on any atom is -0.743 e. The zero-order valence-corrected chi connectivity index (χ0v) is 52.2. The van der Waals surface area contributed by atoms with Crippen LogP contribution in [0.1, 0.15) is 40.5 Å². The first-order valence-electron chi connectivity index (χ1n) is 26.0. The van der Waals surface area contributed by atoms with E-state index in [1.165, 1.54) is 35.5 Å². The fourth-order valence-corrected chi connectivity index (χ4v) is 16.5. The molecule has 0 bridgehead atoms. The first-order chi connectivity index (χ1) is 39.4. The number of hydrogen-bond acceptors (Lipinski definition) is 15. The van der Waals surface area contributed by atoms with Crippen molar-refractivity contribution in [1.29, 1.82) is 0 Å². The Labute approximate surface area is 493 Å². The zero-order valence-electron chi connectivity index (χ0n) is 46.9. The molecule has 0 fully saturated rings. The Hall–Kier alpha value is -5.56. The number of isocyanates is 1. The van der Waals surface area contributed by atoms with E-state index in [0.717, 1.165) is 12.5 Å². The maximum absolute atomic E-state index is 12.7. The Bertz CT molecular complexity index is 2680. The van der Waals surface area contributed by atoms with Crippen LogP contribution in [0.4, 0.5) is 22.4 Å². The van der Waals surface area contributed by atoms with Gasteiger partial charge in [-0.25, -0.2) is 31.4 Å². The molecule has 454 valence electrons. The van der Waals surface area contributed by atoms with Crippen LogP contribution in [0.2, 0.25) is 25.2 Å². The van der Waals surface area contributed by atoms with Gasteiger partial charge in [0.1, 0.15) is 6.61 Å². The first kappa shape index (κ1) is 73.5. The molecule has 0 aliphatic heterocycles. The third-order valence-electron chi connectivity index (χ3n) is 10.8. The number of carbonyl (C=O) groups is 1. The van der Waals surface area contributed by atoms with Crippen LogP contribution in [0.15, 0.2) is 216 Å². The van der Waals surface area contributed by atoms with Crippen LogP contribution in [-0.2, 0) is 69.3 Å². The van der Waals surface area contributed by atoms with Crippen molar-refractivity contribution in [3.63, 3.8) is 0 Å². The molecule has 6 rings (SSSR count). The number of hydrogen-bond donors (Lipinski definition) is 2. The van der Waals surface area contributed by atoms with Gasteiger partial charge in [-0.3, -0.25) is 0 Å². The highest BCUT2D eigenvalue weighted by Gasteiger charge is 2.43. The fourth-order valence-electron chi connectivity index (χ4n) is 7.15. The lowest BCUT2D eigenvalue weighted by Gasteiger charge is -2.26. The molecule has 0 radical (unpaired) electrons. The monoisotopic (exact) mass is 1270 g/mol. The van der Waals surface area contributed by atoms with Crippen molar-refractivity contribution in [2.45, 2.75) is 106 Å². The predicted octanol–water partition coefficient (Wildman–Crippen LogP) is 11.9. The molecule has 6 aromatic carbocycles. The molecule has 0 unspecified atom stereocenters. The van der Waals surface area contributed by atoms with Crippen LogP contribution >= 0.6 is 0 Å². The van der Waals surface area contributed by atoms with E-state index in [4.69, 9.17) is 22.8 Å². The lowest BCUT2D eigenvalue weighted by molar-refractivity contribution is -0.130. The van der Waals surface area contributed by atoms with Crippen LogP contribution in [-0.4, -0.2) is 117 Å². The summed E-state index contributed by atoms with van der Waals surface area (Å²) in [6.07, 6.45) is 1.02. The summed E-state index contributed by atoms with van der Waals surface area (Å²) < 4.78 is 133. The van der Waals surface area contributed by atoms with Crippen molar-refractivity contribution in [1.82, 2.24) is 5.32 Å². The number of halogens is 4. The molecule has 83 heavy (non-hydrogen) atoms. The lowest BCUT2D eigenvalue weighted by Crippen LogP contribution is -2.41. The average molecular weight is 1270 g/mol. The maximum Gasteiger partial charge on any atom is 0.500 e. The van der Waals surface area contributed by atoms with Gasteiger partial charge in [0.2, 0.25) is 16.2 Å². The number of alkyl carbamates (subject to hydrolysis) is 1. The van der Waals surface area contributed by atoms with E-state index >= 15 is 0 Å². The molecule has 0 heterocycles. The number of carbonyl (C=O) groups excluding carboxylic acids is 2. The molecule has 0 aliphatic carbocycles. The van der Waals surface area contributed by atoms with E-state index in [1.54, 1.807) is 0 Å². The summed E-state index contributed by atoms with van der Waals surface area (Å²) in [4.78, 5) is 32.5. The van der Waals surface area contributed by atoms with E-state index in [1.807, 2.05) is 46.1 Å². The number of aliphatic hydroxyl groups is 1. The van der Waals surface area contributed by atoms with Gasteiger partial charge in [-0.2, -0.15) is 17.6 Å². The van der Waals surface area contributed by atoms with E-state index in [9.17, 15) is 53.1 Å². The Morgan fingerprint density at radius 1 is 0.542 bits per heavy atom. The first-order valence-corrected chi connectivity index (χ1v) is 36.3. The molecule has 6 aromatic rings. The standard InChI is InChI=1S/2C18H15S.C10H21F2NO7SSi.C9H19NO3Si.C2H4F2O4S/c2*1-4-10-16(11-5-1)19(17-12-6-2-7-13-17)18-14-8-3-9-15-18;1-4-18-22(3,19-5-2)8-6-7-13-9(14)20-10(11,12)21(15,16)17;1-4-12-14(3,13-5-2)8-6-7-10-9-11;3-2(4,1-5)9(6,7)8/h2*1-15H;4-8H2,1-3H3,(H,13,14)(H,15,16,17);4-8H2,1-3H3;5H,1H2,(H,6,7,8)/q2*+1;;;/p-2. The summed E-state index contributed by atoms with van der Waals surface area (Å²) in [6.45, 7) is 12.2. The van der Waals surface area contributed by atoms with Crippen molar-refractivity contribution in [2.24, 2.45) is 4.99 Å². The number of ether oxygens (including phenoxy) is 1. The highest BCUT2D eigenvalue weighted by molar-refractivity contribution is 7.97. The van der Waals surface area contributed by atoms with Gasteiger partial charge in [0.25, 0.3) is 0 Å². The third-order valence-corrected chi connectivity index (χ3v) is 22.9. The quantitative estimate of drug-likeness (QED) is 0.00977. The van der Waals surface area contributed by atoms with Gasteiger partial charge < -0.3 is 42.0 Å². The summed E-state index contributed by atoms with van der Waals surface area (Å²) in [5.74, 6) is 0. The molecule has 2 N–H and O–H groups in total. The average Bonchev–Trinajstić information content (AvgIpc) is 3.67. The Morgan fingerprint density at radius 3 is 1.04 bits per heavy atom. The van der Waals surface area contributed by atoms with Crippen molar-refractivity contribution in [3.8, 4) is 0 Å². The van der Waals surface area contributed by atoms with Gasteiger partial charge in [-0.15, -0.1) is 0 Å². The maximum atomic E-state index is 12.7. The van der Waals surface area contributed by atoms with Gasteiger partial charge >= 0.3 is 33.9 Å². The van der Waals surface area contributed by atoms with Crippen molar-refractivity contribution < 1.29 is 80.6 Å². The molecule has 0 saturated carbocycles. The second-order valence-electron chi connectivity index (χ2n) is 17.2. The molecular weight excluding hydrogens is 1200 g/mol. The molecule has 1 amide bonds. The van der Waals surface area contributed by atoms with Crippen molar-refractivity contribution in [3.05, 3.63) is 182 Å². The van der Waals surface area contributed by atoms with Crippen LogP contribution < -0.4 is 5.32 Å². The number of benzene rings is 6. The summed E-state index contributed by atoms with van der Waals surface area (Å²) in [6, 6.07) is 65.7. The van der Waals surface area contributed by atoms with E-state index in [0.29, 0.717) is 45.4 Å². The number of nitrogens with zero attached hydrogens (tertiary/aromatic N) is 1. The number of amides is 1. The van der Waals surface area contributed by atoms with Gasteiger partial charge in [0.15, 0.2) is 39.5 Å². The number of rotatable bonds is 26. The number of alkyl halides is 4. The Balaban J connectivity index is 0.000000363. The fraction of sp³-hybridized carbons (Fsp3) is 0.333. The minimum absolute atomic E-state index is 0.0146. The predicted molar refractivity (Wildman–Crippen MR) is 315 cm³/mol. The normalized spacial score (nSPS) is 11.7. The second-order valence-corrected chi connectivity index (χ2v) is 30.8. The van der Waals surface area contributed by atoms with Gasteiger partial charge in [-0.1, -0.05) is 109 Å². The molecular formula is C57H72F4N2O14S4Si2. The molecule has 0 aliphatic rings. The largest absolute Gasteiger partial charge is 0.743 e. The second kappa shape index (κ2) is 38.4. The summed E-state index contributed by atoms with van der Waals surface area (Å²) in [5, 5.41) is 4.99. The van der Waals surface area contributed by atoms with Crippen LogP contribution in [0.3, 0.4) is 0 Å². The molecule has 0 spiro atoms. The van der Waals surface area contributed by atoms with Crippen LogP contribution in [0, 0.1) is 0 Å². The molecule has 16 nitrogen and oxygen atoms in total.